The van der Waals surface area contributed by atoms with Crippen molar-refractivity contribution < 1.29 is 5.11 Å². The van der Waals surface area contributed by atoms with E-state index in [4.69, 9.17) is 0 Å². The number of benzene rings is 4. The van der Waals surface area contributed by atoms with E-state index in [0.29, 0.717) is 5.75 Å². The standard InChI is InChI=1S/C25H24OS/c1-2-3-16-27-17-20-13-12-18-8-4-6-10-21(18)24(20)25-22-11-7-5-9-19(22)14-15-23(25)26/h4-15,26H,2-3,16-17H2,1H3. The Morgan fingerprint density at radius 2 is 1.37 bits per heavy atom. The molecule has 0 atom stereocenters. The van der Waals surface area contributed by atoms with Crippen molar-refractivity contribution in [1.82, 2.24) is 0 Å². The van der Waals surface area contributed by atoms with Crippen LogP contribution in [0.3, 0.4) is 0 Å². The first-order valence-electron chi connectivity index (χ1n) is 9.59. The summed E-state index contributed by atoms with van der Waals surface area (Å²) in [4.78, 5) is 0. The van der Waals surface area contributed by atoms with Gasteiger partial charge in [0.2, 0.25) is 0 Å². The SMILES string of the molecule is CCCCSCc1ccc2ccccc2c1-c1c(O)ccc2ccccc12. The minimum atomic E-state index is 0.352. The van der Waals surface area contributed by atoms with Crippen LogP contribution in [0.4, 0.5) is 0 Å². The molecule has 4 aromatic carbocycles. The Bertz CT molecular complexity index is 1080. The second-order valence-corrected chi connectivity index (χ2v) is 8.01. The molecule has 4 aromatic rings. The molecule has 0 aliphatic rings. The number of unbranched alkanes of at least 4 members (excludes halogenated alkanes) is 1. The van der Waals surface area contributed by atoms with Gasteiger partial charge in [-0.2, -0.15) is 11.8 Å². The molecule has 0 aliphatic heterocycles. The molecule has 2 heteroatoms. The Labute approximate surface area is 165 Å². The Kier molecular flexibility index (Phi) is 5.35. The van der Waals surface area contributed by atoms with Crippen molar-refractivity contribution in [3.05, 3.63) is 78.4 Å². The van der Waals surface area contributed by atoms with Gasteiger partial charge in [-0.05, 0) is 50.9 Å². The van der Waals surface area contributed by atoms with E-state index in [1.165, 1.54) is 40.5 Å². The van der Waals surface area contributed by atoms with E-state index >= 15 is 0 Å². The lowest BCUT2D eigenvalue weighted by Gasteiger charge is -2.17. The average molecular weight is 373 g/mol. The topological polar surface area (TPSA) is 20.2 Å². The molecule has 0 unspecified atom stereocenters. The van der Waals surface area contributed by atoms with E-state index in [2.05, 4.69) is 55.5 Å². The van der Waals surface area contributed by atoms with Gasteiger partial charge in [0.1, 0.15) is 5.75 Å². The molecule has 27 heavy (non-hydrogen) atoms. The summed E-state index contributed by atoms with van der Waals surface area (Å²) in [5.41, 5.74) is 3.42. The van der Waals surface area contributed by atoms with Crippen LogP contribution in [-0.4, -0.2) is 10.9 Å². The molecule has 0 radical (unpaired) electrons. The average Bonchev–Trinajstić information content (AvgIpc) is 2.71. The van der Waals surface area contributed by atoms with Crippen LogP contribution in [0.2, 0.25) is 0 Å². The maximum Gasteiger partial charge on any atom is 0.124 e. The first-order chi connectivity index (χ1) is 13.3. The van der Waals surface area contributed by atoms with Gasteiger partial charge in [-0.15, -0.1) is 0 Å². The number of aromatic hydroxyl groups is 1. The third kappa shape index (κ3) is 3.54. The highest BCUT2D eigenvalue weighted by Crippen LogP contribution is 2.42. The van der Waals surface area contributed by atoms with Crippen LogP contribution in [0.25, 0.3) is 32.7 Å². The molecule has 0 saturated heterocycles. The molecule has 0 saturated carbocycles. The Morgan fingerprint density at radius 1 is 0.741 bits per heavy atom. The van der Waals surface area contributed by atoms with Crippen molar-refractivity contribution in [1.29, 1.82) is 0 Å². The zero-order chi connectivity index (χ0) is 18.6. The maximum atomic E-state index is 10.8. The Morgan fingerprint density at radius 3 is 2.07 bits per heavy atom. The zero-order valence-electron chi connectivity index (χ0n) is 15.6. The van der Waals surface area contributed by atoms with Gasteiger partial charge < -0.3 is 5.11 Å². The smallest absolute Gasteiger partial charge is 0.124 e. The summed E-state index contributed by atoms with van der Waals surface area (Å²) in [5, 5.41) is 15.5. The van der Waals surface area contributed by atoms with E-state index in [9.17, 15) is 5.11 Å². The van der Waals surface area contributed by atoms with Gasteiger partial charge in [-0.1, -0.05) is 80.1 Å². The Balaban J connectivity index is 1.96. The Hall–Kier alpha value is -2.45. The summed E-state index contributed by atoms with van der Waals surface area (Å²) in [6.07, 6.45) is 2.47. The highest BCUT2D eigenvalue weighted by Gasteiger charge is 2.16. The molecular formula is C25H24OS. The molecule has 1 nitrogen and oxygen atoms in total. The molecule has 0 amide bonds. The molecule has 0 spiro atoms. The number of thioether (sulfide) groups is 1. The van der Waals surface area contributed by atoms with Crippen LogP contribution < -0.4 is 0 Å². The lowest BCUT2D eigenvalue weighted by atomic mass is 9.90. The molecule has 136 valence electrons. The number of fused-ring (bicyclic) bond motifs is 2. The summed E-state index contributed by atoms with van der Waals surface area (Å²) >= 11 is 1.98. The van der Waals surface area contributed by atoms with Crippen molar-refractivity contribution in [2.75, 3.05) is 5.75 Å². The third-order valence-electron chi connectivity index (χ3n) is 5.07. The predicted octanol–water partition coefficient (Wildman–Crippen LogP) is 7.40. The molecule has 0 bridgehead atoms. The number of phenolic OH excluding ortho intramolecular Hbond substituents is 1. The number of hydrogen-bond acceptors (Lipinski definition) is 2. The number of rotatable bonds is 6. The van der Waals surface area contributed by atoms with Crippen LogP contribution in [0.15, 0.2) is 72.8 Å². The number of hydrogen-bond donors (Lipinski definition) is 1. The normalized spacial score (nSPS) is 11.3. The summed E-state index contributed by atoms with van der Waals surface area (Å²) in [6.45, 7) is 2.23. The van der Waals surface area contributed by atoms with Gasteiger partial charge in [-0.25, -0.2) is 0 Å². The lowest BCUT2D eigenvalue weighted by Crippen LogP contribution is -1.93. The fourth-order valence-corrected chi connectivity index (χ4v) is 4.78. The van der Waals surface area contributed by atoms with E-state index in [1.54, 1.807) is 0 Å². The first-order valence-corrected chi connectivity index (χ1v) is 10.7. The molecule has 4 rings (SSSR count). The molecule has 0 heterocycles. The summed E-state index contributed by atoms with van der Waals surface area (Å²) in [6, 6.07) is 25.1. The van der Waals surface area contributed by atoms with Crippen LogP contribution in [-0.2, 0) is 5.75 Å². The summed E-state index contributed by atoms with van der Waals surface area (Å²) in [7, 11) is 0. The predicted molar refractivity (Wildman–Crippen MR) is 120 cm³/mol. The summed E-state index contributed by atoms with van der Waals surface area (Å²) in [5.74, 6) is 2.48. The van der Waals surface area contributed by atoms with Crippen LogP contribution in [0.5, 0.6) is 5.75 Å². The van der Waals surface area contributed by atoms with Crippen molar-refractivity contribution in [3.8, 4) is 16.9 Å². The quantitative estimate of drug-likeness (QED) is 0.356. The molecule has 1 N–H and O–H groups in total. The van der Waals surface area contributed by atoms with E-state index in [-0.39, 0.29) is 0 Å². The van der Waals surface area contributed by atoms with E-state index < -0.39 is 0 Å². The van der Waals surface area contributed by atoms with Crippen LogP contribution in [0, 0.1) is 0 Å². The fraction of sp³-hybridized carbons (Fsp3) is 0.200. The third-order valence-corrected chi connectivity index (χ3v) is 6.16. The van der Waals surface area contributed by atoms with Gasteiger partial charge >= 0.3 is 0 Å². The molecule has 0 aliphatic carbocycles. The largest absolute Gasteiger partial charge is 0.507 e. The monoisotopic (exact) mass is 372 g/mol. The van der Waals surface area contributed by atoms with Crippen molar-refractivity contribution in [3.63, 3.8) is 0 Å². The highest BCUT2D eigenvalue weighted by atomic mass is 32.2. The van der Waals surface area contributed by atoms with Crippen molar-refractivity contribution in [2.24, 2.45) is 0 Å². The van der Waals surface area contributed by atoms with E-state index in [0.717, 1.165) is 22.1 Å². The zero-order valence-corrected chi connectivity index (χ0v) is 16.4. The number of phenols is 1. The summed E-state index contributed by atoms with van der Waals surface area (Å²) < 4.78 is 0. The maximum absolute atomic E-state index is 10.8. The lowest BCUT2D eigenvalue weighted by molar-refractivity contribution is 0.478. The second-order valence-electron chi connectivity index (χ2n) is 6.91. The first kappa shape index (κ1) is 17.9. The van der Waals surface area contributed by atoms with Crippen LogP contribution >= 0.6 is 11.8 Å². The minimum Gasteiger partial charge on any atom is -0.507 e. The molecule has 0 fully saturated rings. The highest BCUT2D eigenvalue weighted by molar-refractivity contribution is 7.98. The van der Waals surface area contributed by atoms with Crippen LogP contribution in [0.1, 0.15) is 25.3 Å². The van der Waals surface area contributed by atoms with Gasteiger partial charge in [-0.3, -0.25) is 0 Å². The van der Waals surface area contributed by atoms with Crippen molar-refractivity contribution in [2.45, 2.75) is 25.5 Å². The van der Waals surface area contributed by atoms with Gasteiger partial charge in [0, 0.05) is 11.3 Å². The van der Waals surface area contributed by atoms with Gasteiger partial charge in [0.15, 0.2) is 0 Å². The second kappa shape index (κ2) is 8.06. The minimum absolute atomic E-state index is 0.352. The van der Waals surface area contributed by atoms with Gasteiger partial charge in [0.25, 0.3) is 0 Å². The fourth-order valence-electron chi connectivity index (χ4n) is 3.68. The molecular weight excluding hydrogens is 348 g/mol. The van der Waals surface area contributed by atoms with E-state index in [1.807, 2.05) is 36.0 Å². The van der Waals surface area contributed by atoms with Crippen molar-refractivity contribution >= 4 is 33.3 Å². The molecule has 0 aromatic heterocycles. The van der Waals surface area contributed by atoms with Gasteiger partial charge in [0.05, 0.1) is 0 Å².